The number of ether oxygens (including phenoxy) is 4. The predicted octanol–water partition coefficient (Wildman–Crippen LogP) is 4.97. The van der Waals surface area contributed by atoms with Crippen LogP contribution in [0.15, 0.2) is 77.4 Å². The Morgan fingerprint density at radius 3 is 2.53 bits per heavy atom. The van der Waals surface area contributed by atoms with Crippen molar-refractivity contribution in [2.24, 2.45) is 4.99 Å². The first kappa shape index (κ1) is 22.8. The summed E-state index contributed by atoms with van der Waals surface area (Å²) >= 11 is 0. The summed E-state index contributed by atoms with van der Waals surface area (Å²) in [6.07, 6.45) is 1.59. The molecule has 0 unspecified atom stereocenters. The molecule has 0 radical (unpaired) electrons. The molecule has 0 saturated carbocycles. The standard InChI is InChI=1S/C27H23NO6/c1-4-32-24-16-18(8-13-23(24)33-26(29)20-7-5-6-17(2)14-20)15-22-27(30)34-25(28-22)19-9-11-21(31-3)12-10-19/h5-16H,4H2,1-3H3/b22-15+. The van der Waals surface area contributed by atoms with E-state index in [9.17, 15) is 9.59 Å². The fraction of sp³-hybridized carbons (Fsp3) is 0.148. The minimum absolute atomic E-state index is 0.151. The molecule has 1 aliphatic rings. The van der Waals surface area contributed by atoms with Crippen LogP contribution in [0.4, 0.5) is 0 Å². The Hall–Kier alpha value is -4.39. The van der Waals surface area contributed by atoms with Gasteiger partial charge in [0.15, 0.2) is 17.2 Å². The first-order valence-corrected chi connectivity index (χ1v) is 10.7. The van der Waals surface area contributed by atoms with E-state index in [-0.39, 0.29) is 17.3 Å². The van der Waals surface area contributed by atoms with Gasteiger partial charge in [-0.2, -0.15) is 0 Å². The molecule has 1 aliphatic heterocycles. The lowest BCUT2D eigenvalue weighted by molar-refractivity contribution is -0.129. The number of methoxy groups -OCH3 is 1. The van der Waals surface area contributed by atoms with E-state index in [0.29, 0.717) is 34.8 Å². The van der Waals surface area contributed by atoms with Gasteiger partial charge in [0, 0.05) is 5.56 Å². The van der Waals surface area contributed by atoms with Gasteiger partial charge in [0.1, 0.15) is 5.75 Å². The summed E-state index contributed by atoms with van der Waals surface area (Å²) in [4.78, 5) is 29.3. The number of esters is 2. The molecule has 0 aliphatic carbocycles. The summed E-state index contributed by atoms with van der Waals surface area (Å²) in [6.45, 7) is 4.11. The fourth-order valence-corrected chi connectivity index (χ4v) is 3.32. The number of aliphatic imine (C=N–C) groups is 1. The minimum atomic E-state index is -0.557. The Labute approximate surface area is 197 Å². The lowest BCUT2D eigenvalue weighted by atomic mass is 10.1. The van der Waals surface area contributed by atoms with Gasteiger partial charge in [-0.15, -0.1) is 0 Å². The summed E-state index contributed by atoms with van der Waals surface area (Å²) < 4.78 is 21.7. The molecular weight excluding hydrogens is 434 g/mol. The predicted molar refractivity (Wildman–Crippen MR) is 127 cm³/mol. The number of aryl methyl sites for hydroxylation is 1. The van der Waals surface area contributed by atoms with Crippen LogP contribution in [0.5, 0.6) is 17.2 Å². The van der Waals surface area contributed by atoms with Crippen molar-refractivity contribution in [2.45, 2.75) is 13.8 Å². The van der Waals surface area contributed by atoms with E-state index in [1.54, 1.807) is 73.8 Å². The normalized spacial score (nSPS) is 13.9. The summed E-state index contributed by atoms with van der Waals surface area (Å²) in [7, 11) is 1.58. The number of hydrogen-bond donors (Lipinski definition) is 0. The van der Waals surface area contributed by atoms with E-state index >= 15 is 0 Å². The van der Waals surface area contributed by atoms with Crippen LogP contribution in [-0.2, 0) is 9.53 Å². The molecule has 0 spiro atoms. The SMILES string of the molecule is CCOc1cc(/C=C2/N=C(c3ccc(OC)cc3)OC2=O)ccc1OC(=O)c1cccc(C)c1. The molecule has 0 atom stereocenters. The molecule has 4 rings (SSSR count). The minimum Gasteiger partial charge on any atom is -0.497 e. The highest BCUT2D eigenvalue weighted by molar-refractivity contribution is 6.12. The monoisotopic (exact) mass is 457 g/mol. The van der Waals surface area contributed by atoms with Crippen LogP contribution in [0.25, 0.3) is 6.08 Å². The molecule has 0 N–H and O–H groups in total. The van der Waals surface area contributed by atoms with Crippen molar-refractivity contribution < 1.29 is 28.5 Å². The number of benzene rings is 3. The van der Waals surface area contributed by atoms with Crippen LogP contribution in [-0.4, -0.2) is 31.6 Å². The largest absolute Gasteiger partial charge is 0.497 e. The van der Waals surface area contributed by atoms with E-state index in [1.807, 2.05) is 19.9 Å². The van der Waals surface area contributed by atoms with Gasteiger partial charge in [-0.25, -0.2) is 14.6 Å². The van der Waals surface area contributed by atoms with E-state index in [0.717, 1.165) is 5.56 Å². The van der Waals surface area contributed by atoms with Crippen molar-refractivity contribution in [1.82, 2.24) is 0 Å². The smallest absolute Gasteiger partial charge is 0.363 e. The maximum Gasteiger partial charge on any atom is 0.363 e. The highest BCUT2D eigenvalue weighted by Crippen LogP contribution is 2.31. The molecule has 7 heteroatoms. The van der Waals surface area contributed by atoms with Crippen molar-refractivity contribution in [3.8, 4) is 17.2 Å². The average molecular weight is 457 g/mol. The molecule has 3 aromatic rings. The van der Waals surface area contributed by atoms with E-state index in [4.69, 9.17) is 18.9 Å². The third-order valence-electron chi connectivity index (χ3n) is 4.98. The Bertz CT molecular complexity index is 1290. The summed E-state index contributed by atoms with van der Waals surface area (Å²) in [5.74, 6) is 0.529. The first-order valence-electron chi connectivity index (χ1n) is 10.7. The van der Waals surface area contributed by atoms with Crippen molar-refractivity contribution in [3.05, 3.63) is 94.7 Å². The number of carbonyl (C=O) groups excluding carboxylic acids is 2. The van der Waals surface area contributed by atoms with Crippen molar-refractivity contribution in [1.29, 1.82) is 0 Å². The van der Waals surface area contributed by atoms with Crippen LogP contribution in [0.2, 0.25) is 0 Å². The number of carbonyl (C=O) groups is 2. The molecule has 7 nitrogen and oxygen atoms in total. The quantitative estimate of drug-likeness (QED) is 0.283. The molecular formula is C27H23NO6. The maximum atomic E-state index is 12.6. The van der Waals surface area contributed by atoms with Crippen LogP contribution >= 0.6 is 0 Å². The average Bonchev–Trinajstić information content (AvgIpc) is 3.21. The summed E-state index contributed by atoms with van der Waals surface area (Å²) in [5.41, 5.74) is 2.86. The maximum absolute atomic E-state index is 12.6. The Morgan fingerprint density at radius 2 is 1.82 bits per heavy atom. The third kappa shape index (κ3) is 5.15. The Balaban J connectivity index is 1.58. The van der Waals surface area contributed by atoms with Gasteiger partial charge in [0.05, 0.1) is 19.3 Å². The third-order valence-corrected chi connectivity index (χ3v) is 4.98. The molecule has 0 saturated heterocycles. The molecule has 0 fully saturated rings. The topological polar surface area (TPSA) is 83.4 Å². The van der Waals surface area contributed by atoms with Crippen LogP contribution < -0.4 is 14.2 Å². The van der Waals surface area contributed by atoms with E-state index < -0.39 is 11.9 Å². The van der Waals surface area contributed by atoms with Crippen molar-refractivity contribution in [2.75, 3.05) is 13.7 Å². The van der Waals surface area contributed by atoms with Crippen LogP contribution in [0.1, 0.15) is 34.0 Å². The first-order chi connectivity index (χ1) is 16.5. The zero-order chi connectivity index (χ0) is 24.1. The fourth-order valence-electron chi connectivity index (χ4n) is 3.32. The highest BCUT2D eigenvalue weighted by Gasteiger charge is 2.24. The number of rotatable bonds is 7. The molecule has 3 aromatic carbocycles. The van der Waals surface area contributed by atoms with Crippen LogP contribution in [0, 0.1) is 6.92 Å². The highest BCUT2D eigenvalue weighted by atomic mass is 16.6. The second-order valence-corrected chi connectivity index (χ2v) is 7.46. The molecule has 0 amide bonds. The Kier molecular flexibility index (Phi) is 6.73. The molecule has 0 bridgehead atoms. The molecule has 1 heterocycles. The van der Waals surface area contributed by atoms with Gasteiger partial charge in [-0.05, 0) is 74.0 Å². The van der Waals surface area contributed by atoms with E-state index in [1.165, 1.54) is 0 Å². The van der Waals surface area contributed by atoms with Gasteiger partial charge in [-0.3, -0.25) is 0 Å². The number of hydrogen-bond acceptors (Lipinski definition) is 7. The second-order valence-electron chi connectivity index (χ2n) is 7.46. The van der Waals surface area contributed by atoms with Gasteiger partial charge in [0.2, 0.25) is 5.90 Å². The van der Waals surface area contributed by atoms with Crippen LogP contribution in [0.3, 0.4) is 0 Å². The molecule has 0 aromatic heterocycles. The molecule has 172 valence electrons. The van der Waals surface area contributed by atoms with Gasteiger partial charge >= 0.3 is 11.9 Å². The second kappa shape index (κ2) is 10.0. The zero-order valence-electron chi connectivity index (χ0n) is 19.0. The van der Waals surface area contributed by atoms with Crippen molar-refractivity contribution in [3.63, 3.8) is 0 Å². The lowest BCUT2D eigenvalue weighted by Gasteiger charge is -2.11. The number of cyclic esters (lactones) is 1. The van der Waals surface area contributed by atoms with Gasteiger partial charge in [0.25, 0.3) is 0 Å². The van der Waals surface area contributed by atoms with Crippen molar-refractivity contribution >= 4 is 23.9 Å². The lowest BCUT2D eigenvalue weighted by Crippen LogP contribution is -2.10. The molecule has 34 heavy (non-hydrogen) atoms. The summed E-state index contributed by atoms with van der Waals surface area (Å²) in [6, 6.07) is 19.2. The Morgan fingerprint density at radius 1 is 1.03 bits per heavy atom. The van der Waals surface area contributed by atoms with Gasteiger partial charge < -0.3 is 18.9 Å². The van der Waals surface area contributed by atoms with Gasteiger partial charge in [-0.1, -0.05) is 23.8 Å². The number of nitrogens with zero attached hydrogens (tertiary/aromatic N) is 1. The zero-order valence-corrected chi connectivity index (χ0v) is 19.0. The van der Waals surface area contributed by atoms with E-state index in [2.05, 4.69) is 4.99 Å². The summed E-state index contributed by atoms with van der Waals surface area (Å²) in [5, 5.41) is 0.